The quantitative estimate of drug-likeness (QED) is 0.603. The van der Waals surface area contributed by atoms with E-state index in [0.29, 0.717) is 32.6 Å². The number of carboxylic acids is 1. The van der Waals surface area contributed by atoms with Gasteiger partial charge < -0.3 is 20.5 Å². The number of carboxylic acid groups (broad SMARTS) is 1. The van der Waals surface area contributed by atoms with E-state index in [9.17, 15) is 14.4 Å². The third-order valence-electron chi connectivity index (χ3n) is 3.50. The van der Waals surface area contributed by atoms with Gasteiger partial charge in [-0.25, -0.2) is 0 Å². The Morgan fingerprint density at radius 1 is 1.14 bits per heavy atom. The predicted octanol–water partition coefficient (Wildman–Crippen LogP) is 0.433. The second kappa shape index (κ2) is 8.61. The van der Waals surface area contributed by atoms with Crippen LogP contribution in [0, 0.1) is 0 Å². The van der Waals surface area contributed by atoms with Crippen LogP contribution in [0.25, 0.3) is 0 Å². The Balaban J connectivity index is 2.45. The average molecular weight is 300 g/mol. The van der Waals surface area contributed by atoms with Crippen LogP contribution in [0.3, 0.4) is 0 Å². The van der Waals surface area contributed by atoms with Crippen molar-refractivity contribution in [3.8, 4) is 0 Å². The molecule has 1 saturated heterocycles. The summed E-state index contributed by atoms with van der Waals surface area (Å²) in [6.45, 7) is 3.42. The highest BCUT2D eigenvalue weighted by Crippen LogP contribution is 2.24. The summed E-state index contributed by atoms with van der Waals surface area (Å²) in [5, 5.41) is 14.5. The van der Waals surface area contributed by atoms with Crippen molar-refractivity contribution in [3.05, 3.63) is 0 Å². The first-order chi connectivity index (χ1) is 9.97. The molecule has 21 heavy (non-hydrogen) atoms. The number of carbonyl (C=O) groups is 3. The topological polar surface area (TPSA) is 105 Å². The van der Waals surface area contributed by atoms with Gasteiger partial charge in [0.25, 0.3) is 0 Å². The van der Waals surface area contributed by atoms with Crippen molar-refractivity contribution in [2.45, 2.75) is 51.0 Å². The minimum atomic E-state index is -0.946. The van der Waals surface area contributed by atoms with Gasteiger partial charge in [0.05, 0.1) is 12.0 Å². The first-order valence-electron chi connectivity index (χ1n) is 7.35. The monoisotopic (exact) mass is 300 g/mol. The van der Waals surface area contributed by atoms with Crippen molar-refractivity contribution in [1.82, 2.24) is 10.6 Å². The molecule has 0 aliphatic carbocycles. The fraction of sp³-hybridized carbons (Fsp3) is 0.786. The zero-order chi connectivity index (χ0) is 15.7. The molecule has 0 spiro atoms. The maximum atomic E-state index is 12.0. The Labute approximate surface area is 124 Å². The molecule has 1 aliphatic rings. The summed E-state index contributed by atoms with van der Waals surface area (Å²) in [6.07, 6.45) is 1.87. The van der Waals surface area contributed by atoms with E-state index in [1.807, 2.05) is 6.92 Å². The zero-order valence-corrected chi connectivity index (χ0v) is 12.4. The normalized spacial score (nSPS) is 17.0. The van der Waals surface area contributed by atoms with Gasteiger partial charge in [-0.2, -0.15) is 0 Å². The summed E-state index contributed by atoms with van der Waals surface area (Å²) in [7, 11) is 0. The van der Waals surface area contributed by atoms with Gasteiger partial charge in [-0.1, -0.05) is 6.92 Å². The summed E-state index contributed by atoms with van der Waals surface area (Å²) < 4.78 is 5.22. The van der Waals surface area contributed by atoms with E-state index < -0.39 is 11.5 Å². The highest BCUT2D eigenvalue weighted by molar-refractivity contribution is 5.84. The van der Waals surface area contributed by atoms with Crippen molar-refractivity contribution in [2.24, 2.45) is 0 Å². The molecule has 0 aromatic carbocycles. The molecule has 1 aliphatic heterocycles. The van der Waals surface area contributed by atoms with Crippen LogP contribution in [-0.2, 0) is 19.1 Å². The molecule has 0 radical (unpaired) electrons. The van der Waals surface area contributed by atoms with E-state index in [-0.39, 0.29) is 31.1 Å². The van der Waals surface area contributed by atoms with E-state index in [1.54, 1.807) is 0 Å². The van der Waals surface area contributed by atoms with Crippen LogP contribution >= 0.6 is 0 Å². The maximum Gasteiger partial charge on any atom is 0.305 e. The third kappa shape index (κ3) is 6.57. The molecular weight excluding hydrogens is 276 g/mol. The Morgan fingerprint density at radius 2 is 1.76 bits per heavy atom. The van der Waals surface area contributed by atoms with E-state index in [0.717, 1.165) is 6.42 Å². The van der Waals surface area contributed by atoms with Crippen LogP contribution in [-0.4, -0.2) is 48.2 Å². The highest BCUT2D eigenvalue weighted by atomic mass is 16.5. The van der Waals surface area contributed by atoms with Crippen LogP contribution in [0.5, 0.6) is 0 Å². The molecule has 0 saturated carbocycles. The second-order valence-corrected chi connectivity index (χ2v) is 5.36. The number of hydrogen-bond donors (Lipinski definition) is 3. The Bertz CT molecular complexity index is 378. The SMILES string of the molecule is CCCNC(=O)CCC(=O)NC1(CC(=O)O)CCOCC1. The van der Waals surface area contributed by atoms with Gasteiger partial charge in [0.2, 0.25) is 11.8 Å². The summed E-state index contributed by atoms with van der Waals surface area (Å²) in [5.41, 5.74) is -0.749. The fourth-order valence-electron chi connectivity index (χ4n) is 2.34. The van der Waals surface area contributed by atoms with Gasteiger partial charge in [-0.15, -0.1) is 0 Å². The first kappa shape index (κ1) is 17.4. The summed E-state index contributed by atoms with van der Waals surface area (Å²) in [4.78, 5) is 34.4. The molecule has 7 heteroatoms. The van der Waals surface area contributed by atoms with Gasteiger partial charge in [0, 0.05) is 32.6 Å². The van der Waals surface area contributed by atoms with Crippen molar-refractivity contribution < 1.29 is 24.2 Å². The first-order valence-corrected chi connectivity index (χ1v) is 7.35. The number of carbonyl (C=O) groups excluding carboxylic acids is 2. The van der Waals surface area contributed by atoms with E-state index in [4.69, 9.17) is 9.84 Å². The molecular formula is C14H24N2O5. The molecule has 0 bridgehead atoms. The smallest absolute Gasteiger partial charge is 0.305 e. The average Bonchev–Trinajstić information content (AvgIpc) is 2.42. The van der Waals surface area contributed by atoms with Crippen LogP contribution in [0.1, 0.15) is 45.4 Å². The largest absolute Gasteiger partial charge is 0.481 e. The second-order valence-electron chi connectivity index (χ2n) is 5.36. The number of ether oxygens (including phenoxy) is 1. The molecule has 2 amide bonds. The highest BCUT2D eigenvalue weighted by Gasteiger charge is 2.36. The van der Waals surface area contributed by atoms with E-state index >= 15 is 0 Å². The molecule has 120 valence electrons. The number of aliphatic carboxylic acids is 1. The van der Waals surface area contributed by atoms with E-state index in [2.05, 4.69) is 10.6 Å². The lowest BCUT2D eigenvalue weighted by Gasteiger charge is -2.36. The molecule has 0 aromatic heterocycles. The van der Waals surface area contributed by atoms with Crippen LogP contribution in [0.2, 0.25) is 0 Å². The lowest BCUT2D eigenvalue weighted by molar-refractivity contribution is -0.140. The van der Waals surface area contributed by atoms with Gasteiger partial charge in [0.15, 0.2) is 0 Å². The summed E-state index contributed by atoms with van der Waals surface area (Å²) in [5.74, 6) is -1.39. The fourth-order valence-corrected chi connectivity index (χ4v) is 2.34. The number of nitrogens with one attached hydrogen (secondary N) is 2. The third-order valence-corrected chi connectivity index (χ3v) is 3.50. The predicted molar refractivity (Wildman–Crippen MR) is 75.7 cm³/mol. The Morgan fingerprint density at radius 3 is 2.33 bits per heavy atom. The molecule has 0 unspecified atom stereocenters. The molecule has 0 atom stereocenters. The summed E-state index contributed by atoms with van der Waals surface area (Å²) in [6, 6.07) is 0. The standard InChI is InChI=1S/C14H24N2O5/c1-2-7-15-11(17)3-4-12(18)16-14(10-13(19)20)5-8-21-9-6-14/h2-10H2,1H3,(H,15,17)(H,16,18)(H,19,20). The van der Waals surface area contributed by atoms with Gasteiger partial charge in [-0.05, 0) is 19.3 Å². The Hall–Kier alpha value is -1.63. The Kier molecular flexibility index (Phi) is 7.14. The molecule has 1 rings (SSSR count). The summed E-state index contributed by atoms with van der Waals surface area (Å²) >= 11 is 0. The molecule has 7 nitrogen and oxygen atoms in total. The van der Waals surface area contributed by atoms with Crippen molar-refractivity contribution in [1.29, 1.82) is 0 Å². The zero-order valence-electron chi connectivity index (χ0n) is 12.4. The molecule has 1 heterocycles. The maximum absolute atomic E-state index is 12.0. The van der Waals surface area contributed by atoms with E-state index in [1.165, 1.54) is 0 Å². The van der Waals surface area contributed by atoms with Crippen LogP contribution in [0.4, 0.5) is 0 Å². The van der Waals surface area contributed by atoms with Gasteiger partial charge in [0.1, 0.15) is 0 Å². The minimum Gasteiger partial charge on any atom is -0.481 e. The number of hydrogen-bond acceptors (Lipinski definition) is 4. The van der Waals surface area contributed by atoms with Gasteiger partial charge in [-0.3, -0.25) is 14.4 Å². The number of rotatable bonds is 8. The van der Waals surface area contributed by atoms with Crippen molar-refractivity contribution in [3.63, 3.8) is 0 Å². The molecule has 3 N–H and O–H groups in total. The van der Waals surface area contributed by atoms with Crippen LogP contribution in [0.15, 0.2) is 0 Å². The van der Waals surface area contributed by atoms with Gasteiger partial charge >= 0.3 is 5.97 Å². The molecule has 1 fully saturated rings. The lowest BCUT2D eigenvalue weighted by atomic mass is 9.86. The van der Waals surface area contributed by atoms with Crippen LogP contribution < -0.4 is 10.6 Å². The van der Waals surface area contributed by atoms with Crippen molar-refractivity contribution in [2.75, 3.05) is 19.8 Å². The van der Waals surface area contributed by atoms with Crippen molar-refractivity contribution >= 4 is 17.8 Å². The molecule has 0 aromatic rings. The minimum absolute atomic E-state index is 0.0672. The number of amides is 2. The lowest BCUT2D eigenvalue weighted by Crippen LogP contribution is -2.53.